The molecular weight excluding hydrogens is 357 g/mol. The van der Waals surface area contributed by atoms with E-state index in [4.69, 9.17) is 9.15 Å². The van der Waals surface area contributed by atoms with Crippen molar-refractivity contribution in [2.45, 2.75) is 0 Å². The number of furan rings is 1. The van der Waals surface area contributed by atoms with E-state index in [0.717, 1.165) is 59.6 Å². The Labute approximate surface area is 161 Å². The SMILES string of the molecule is COc1cccc2c1oc1c(N3CCN(c4ccc(F)cc4)CC3)ccnc12. The average molecular weight is 377 g/mol. The number of benzene rings is 2. The second-order valence-electron chi connectivity index (χ2n) is 6.90. The third-order valence-electron chi connectivity index (χ3n) is 5.35. The van der Waals surface area contributed by atoms with Gasteiger partial charge in [0.25, 0.3) is 0 Å². The van der Waals surface area contributed by atoms with Crippen LogP contribution in [0.4, 0.5) is 15.8 Å². The molecule has 28 heavy (non-hydrogen) atoms. The first-order valence-electron chi connectivity index (χ1n) is 9.34. The zero-order valence-corrected chi connectivity index (χ0v) is 15.6. The molecule has 0 saturated carbocycles. The van der Waals surface area contributed by atoms with E-state index in [0.29, 0.717) is 5.75 Å². The number of nitrogens with zero attached hydrogens (tertiary/aromatic N) is 3. The number of hydrogen-bond donors (Lipinski definition) is 0. The van der Waals surface area contributed by atoms with Crippen LogP contribution >= 0.6 is 0 Å². The standard InChI is InChI=1S/C22H20FN3O2/c1-27-19-4-2-3-17-20-22(28-21(17)19)18(9-10-24-20)26-13-11-25(12-14-26)16-7-5-15(23)6-8-16/h2-10H,11-14H2,1H3. The van der Waals surface area contributed by atoms with Gasteiger partial charge in [0.05, 0.1) is 18.2 Å². The maximum atomic E-state index is 13.2. The van der Waals surface area contributed by atoms with Gasteiger partial charge >= 0.3 is 0 Å². The van der Waals surface area contributed by atoms with Gasteiger partial charge in [-0.25, -0.2) is 4.39 Å². The minimum Gasteiger partial charge on any atom is -0.493 e. The molecule has 0 unspecified atom stereocenters. The Balaban J connectivity index is 1.46. The molecule has 0 atom stereocenters. The summed E-state index contributed by atoms with van der Waals surface area (Å²) in [5.74, 6) is 0.504. The van der Waals surface area contributed by atoms with Gasteiger partial charge in [0.15, 0.2) is 16.9 Å². The predicted molar refractivity (Wildman–Crippen MR) is 109 cm³/mol. The fourth-order valence-corrected chi connectivity index (χ4v) is 3.91. The van der Waals surface area contributed by atoms with Gasteiger partial charge in [0.1, 0.15) is 11.3 Å². The van der Waals surface area contributed by atoms with Gasteiger partial charge in [-0.05, 0) is 42.5 Å². The Morgan fingerprint density at radius 1 is 0.929 bits per heavy atom. The van der Waals surface area contributed by atoms with Gasteiger partial charge in [-0.2, -0.15) is 0 Å². The van der Waals surface area contributed by atoms with Crippen molar-refractivity contribution in [2.75, 3.05) is 43.1 Å². The second kappa shape index (κ2) is 6.71. The summed E-state index contributed by atoms with van der Waals surface area (Å²) in [6.45, 7) is 3.42. The van der Waals surface area contributed by atoms with Crippen LogP contribution < -0.4 is 14.5 Å². The van der Waals surface area contributed by atoms with Crippen LogP contribution in [-0.2, 0) is 0 Å². The molecule has 6 heteroatoms. The van der Waals surface area contributed by atoms with Crippen molar-refractivity contribution in [1.82, 2.24) is 4.98 Å². The molecule has 0 spiro atoms. The lowest BCUT2D eigenvalue weighted by Crippen LogP contribution is -2.46. The van der Waals surface area contributed by atoms with E-state index in [-0.39, 0.29) is 5.82 Å². The molecule has 142 valence electrons. The molecule has 2 aromatic carbocycles. The summed E-state index contributed by atoms with van der Waals surface area (Å²) in [7, 11) is 1.64. The van der Waals surface area contributed by atoms with Gasteiger partial charge < -0.3 is 19.0 Å². The summed E-state index contributed by atoms with van der Waals surface area (Å²) in [5.41, 5.74) is 4.46. The summed E-state index contributed by atoms with van der Waals surface area (Å²) in [6.07, 6.45) is 1.83. The lowest BCUT2D eigenvalue weighted by Gasteiger charge is -2.37. The van der Waals surface area contributed by atoms with Crippen molar-refractivity contribution in [2.24, 2.45) is 0 Å². The van der Waals surface area contributed by atoms with Crippen LogP contribution in [0.5, 0.6) is 5.75 Å². The average Bonchev–Trinajstić information content (AvgIpc) is 3.13. The zero-order chi connectivity index (χ0) is 19.1. The molecule has 4 aromatic rings. The normalized spacial score (nSPS) is 14.8. The highest BCUT2D eigenvalue weighted by Gasteiger charge is 2.22. The van der Waals surface area contributed by atoms with E-state index in [9.17, 15) is 4.39 Å². The van der Waals surface area contributed by atoms with E-state index in [1.54, 1.807) is 7.11 Å². The van der Waals surface area contributed by atoms with Gasteiger partial charge in [0, 0.05) is 38.1 Å². The fourth-order valence-electron chi connectivity index (χ4n) is 3.91. The van der Waals surface area contributed by atoms with Crippen LogP contribution in [-0.4, -0.2) is 38.3 Å². The molecule has 0 N–H and O–H groups in total. The van der Waals surface area contributed by atoms with E-state index in [2.05, 4.69) is 14.8 Å². The first-order chi connectivity index (χ1) is 13.7. The van der Waals surface area contributed by atoms with Crippen LogP contribution in [0.1, 0.15) is 0 Å². The molecule has 0 radical (unpaired) electrons. The molecule has 1 aliphatic rings. The van der Waals surface area contributed by atoms with Crippen molar-refractivity contribution in [3.63, 3.8) is 0 Å². The molecule has 2 aromatic heterocycles. The largest absolute Gasteiger partial charge is 0.493 e. The summed E-state index contributed by atoms with van der Waals surface area (Å²) < 4.78 is 24.8. The highest BCUT2D eigenvalue weighted by molar-refractivity contribution is 6.08. The number of ether oxygens (including phenoxy) is 1. The molecule has 1 saturated heterocycles. The molecular formula is C22H20FN3O2. The van der Waals surface area contributed by atoms with Crippen molar-refractivity contribution in [3.05, 3.63) is 60.5 Å². The second-order valence-corrected chi connectivity index (χ2v) is 6.90. The van der Waals surface area contributed by atoms with Crippen LogP contribution in [0.3, 0.4) is 0 Å². The van der Waals surface area contributed by atoms with Gasteiger partial charge in [0.2, 0.25) is 0 Å². The predicted octanol–water partition coefficient (Wildman–Crippen LogP) is 4.46. The van der Waals surface area contributed by atoms with Crippen LogP contribution in [0.2, 0.25) is 0 Å². The Morgan fingerprint density at radius 3 is 2.43 bits per heavy atom. The fraction of sp³-hybridized carbons (Fsp3) is 0.227. The van der Waals surface area contributed by atoms with Crippen molar-refractivity contribution in [3.8, 4) is 5.75 Å². The number of methoxy groups -OCH3 is 1. The number of halogens is 1. The molecule has 0 amide bonds. The Hall–Kier alpha value is -3.28. The van der Waals surface area contributed by atoms with Crippen LogP contribution in [0.15, 0.2) is 59.1 Å². The number of rotatable bonds is 3. The van der Waals surface area contributed by atoms with Crippen molar-refractivity contribution >= 4 is 33.4 Å². The smallest absolute Gasteiger partial charge is 0.179 e. The number of pyridine rings is 1. The Bertz CT molecular complexity index is 1130. The monoisotopic (exact) mass is 377 g/mol. The van der Waals surface area contributed by atoms with E-state index in [1.807, 2.05) is 42.6 Å². The summed E-state index contributed by atoms with van der Waals surface area (Å²) in [4.78, 5) is 9.14. The number of hydrogen-bond acceptors (Lipinski definition) is 5. The van der Waals surface area contributed by atoms with Gasteiger partial charge in [-0.3, -0.25) is 4.98 Å². The number of aromatic nitrogens is 1. The molecule has 5 nitrogen and oxygen atoms in total. The summed E-state index contributed by atoms with van der Waals surface area (Å²) in [5, 5.41) is 0.959. The maximum Gasteiger partial charge on any atom is 0.179 e. The third-order valence-corrected chi connectivity index (χ3v) is 5.35. The molecule has 0 aliphatic carbocycles. The Kier molecular flexibility index (Phi) is 4.04. The number of anilines is 2. The zero-order valence-electron chi connectivity index (χ0n) is 15.6. The van der Waals surface area contributed by atoms with E-state index < -0.39 is 0 Å². The summed E-state index contributed by atoms with van der Waals surface area (Å²) >= 11 is 0. The van der Waals surface area contributed by atoms with Crippen LogP contribution in [0, 0.1) is 5.82 Å². The molecule has 0 bridgehead atoms. The minimum atomic E-state index is -0.207. The summed E-state index contributed by atoms with van der Waals surface area (Å²) in [6, 6.07) is 14.5. The highest BCUT2D eigenvalue weighted by atomic mass is 19.1. The van der Waals surface area contributed by atoms with Crippen LogP contribution in [0.25, 0.3) is 22.1 Å². The number of para-hydroxylation sites is 1. The highest BCUT2D eigenvalue weighted by Crippen LogP contribution is 2.38. The lowest BCUT2D eigenvalue weighted by atomic mass is 10.2. The number of fused-ring (bicyclic) bond motifs is 3. The minimum absolute atomic E-state index is 0.207. The third kappa shape index (κ3) is 2.72. The first kappa shape index (κ1) is 16.9. The van der Waals surface area contributed by atoms with Crippen molar-refractivity contribution in [1.29, 1.82) is 0 Å². The van der Waals surface area contributed by atoms with E-state index >= 15 is 0 Å². The van der Waals surface area contributed by atoms with Gasteiger partial charge in [-0.15, -0.1) is 0 Å². The molecule has 5 rings (SSSR count). The number of piperazine rings is 1. The van der Waals surface area contributed by atoms with Crippen molar-refractivity contribution < 1.29 is 13.5 Å². The molecule has 1 fully saturated rings. The molecule has 3 heterocycles. The quantitative estimate of drug-likeness (QED) is 0.527. The Morgan fingerprint density at radius 2 is 1.68 bits per heavy atom. The maximum absolute atomic E-state index is 13.2. The lowest BCUT2D eigenvalue weighted by molar-refractivity contribution is 0.412. The van der Waals surface area contributed by atoms with Gasteiger partial charge in [-0.1, -0.05) is 6.07 Å². The first-order valence-corrected chi connectivity index (χ1v) is 9.34. The topological polar surface area (TPSA) is 41.7 Å². The molecule has 1 aliphatic heterocycles. The van der Waals surface area contributed by atoms with E-state index in [1.165, 1.54) is 12.1 Å².